The van der Waals surface area contributed by atoms with Gasteiger partial charge >= 0.3 is 0 Å². The Kier molecular flexibility index (Phi) is 8.03. The second-order valence-corrected chi connectivity index (χ2v) is 4.85. The molecule has 0 radical (unpaired) electrons. The molecule has 0 saturated heterocycles. The molecule has 1 saturated carbocycles. The summed E-state index contributed by atoms with van der Waals surface area (Å²) in [6.45, 7) is 5.62. The largest absolute Gasteiger partial charge is 0.346 e. The van der Waals surface area contributed by atoms with Crippen molar-refractivity contribution in [3.05, 3.63) is 24.3 Å². The van der Waals surface area contributed by atoms with Crippen LogP contribution in [0.4, 0.5) is 0 Å². The van der Waals surface area contributed by atoms with Crippen LogP contribution in [0.5, 0.6) is 0 Å². The summed E-state index contributed by atoms with van der Waals surface area (Å²) in [7, 11) is 0. The van der Waals surface area contributed by atoms with Gasteiger partial charge in [0.1, 0.15) is 0 Å². The molecule has 0 aliphatic heterocycles. The van der Waals surface area contributed by atoms with Gasteiger partial charge in [0.2, 0.25) is 0 Å². The average molecular weight is 252 g/mol. The number of hydrogen-bond acceptors (Lipinski definition) is 2. The van der Waals surface area contributed by atoms with Gasteiger partial charge in [0.05, 0.1) is 13.2 Å². The lowest BCUT2D eigenvalue weighted by Crippen LogP contribution is -2.38. The molecule has 1 aliphatic carbocycles. The van der Waals surface area contributed by atoms with Crippen LogP contribution >= 0.6 is 0 Å². The van der Waals surface area contributed by atoms with Crippen LogP contribution in [-0.2, 0) is 9.47 Å². The van der Waals surface area contributed by atoms with Gasteiger partial charge in [0, 0.05) is 12.8 Å². The molecular formula is C16H28O2. The van der Waals surface area contributed by atoms with Gasteiger partial charge in [-0.05, 0) is 25.7 Å². The molecule has 0 heterocycles. The summed E-state index contributed by atoms with van der Waals surface area (Å²) in [5, 5.41) is 0. The van der Waals surface area contributed by atoms with Crippen LogP contribution in [0.2, 0.25) is 0 Å². The fourth-order valence-electron chi connectivity index (χ4n) is 2.29. The molecule has 2 nitrogen and oxygen atoms in total. The SMILES string of the molecule is CC/C=C/COC1(OC/C=C/CC)CCCCC1. The van der Waals surface area contributed by atoms with Gasteiger partial charge in [-0.15, -0.1) is 0 Å². The van der Waals surface area contributed by atoms with Gasteiger partial charge in [-0.2, -0.15) is 0 Å². The predicted octanol–water partition coefficient (Wildman–Crippen LogP) is 4.61. The highest BCUT2D eigenvalue weighted by molar-refractivity contribution is 4.85. The van der Waals surface area contributed by atoms with Gasteiger partial charge in [0.15, 0.2) is 5.79 Å². The molecule has 0 aromatic rings. The van der Waals surface area contributed by atoms with Crippen molar-refractivity contribution in [2.75, 3.05) is 13.2 Å². The number of ether oxygens (including phenoxy) is 2. The molecule has 0 spiro atoms. The summed E-state index contributed by atoms with van der Waals surface area (Å²) in [5.74, 6) is -0.325. The van der Waals surface area contributed by atoms with E-state index in [1.54, 1.807) is 0 Å². The lowest BCUT2D eigenvalue weighted by Gasteiger charge is -2.36. The fraction of sp³-hybridized carbons (Fsp3) is 0.750. The third-order valence-corrected chi connectivity index (χ3v) is 3.31. The number of allylic oxidation sites excluding steroid dienone is 2. The first-order chi connectivity index (χ1) is 8.83. The molecule has 18 heavy (non-hydrogen) atoms. The molecule has 104 valence electrons. The zero-order valence-electron chi connectivity index (χ0n) is 12.0. The Hall–Kier alpha value is -0.600. The maximum absolute atomic E-state index is 6.01. The van der Waals surface area contributed by atoms with E-state index in [2.05, 4.69) is 38.2 Å². The standard InChI is InChI=1S/C16H28O2/c1-3-5-10-14-17-16(12-8-7-9-13-16)18-15-11-6-4-2/h5-6,10-11H,3-4,7-9,12-15H2,1-2H3/b10-5+,11-6+. The second-order valence-electron chi connectivity index (χ2n) is 4.85. The Bertz CT molecular complexity index is 230. The summed E-state index contributed by atoms with van der Waals surface area (Å²) in [6, 6.07) is 0. The van der Waals surface area contributed by atoms with E-state index < -0.39 is 0 Å². The van der Waals surface area contributed by atoms with Gasteiger partial charge in [-0.25, -0.2) is 0 Å². The Morgan fingerprint density at radius 3 is 1.72 bits per heavy atom. The molecule has 1 rings (SSSR count). The van der Waals surface area contributed by atoms with Crippen LogP contribution in [0.3, 0.4) is 0 Å². The zero-order valence-corrected chi connectivity index (χ0v) is 12.0. The maximum atomic E-state index is 6.01. The zero-order chi connectivity index (χ0) is 13.1. The van der Waals surface area contributed by atoms with Gasteiger partial charge in [0.25, 0.3) is 0 Å². The van der Waals surface area contributed by atoms with Crippen LogP contribution in [0, 0.1) is 0 Å². The van der Waals surface area contributed by atoms with Gasteiger partial charge in [-0.1, -0.05) is 44.6 Å². The van der Waals surface area contributed by atoms with Crippen molar-refractivity contribution >= 4 is 0 Å². The summed E-state index contributed by atoms with van der Waals surface area (Å²) in [5.41, 5.74) is 0. The Balaban J connectivity index is 2.41. The molecule has 0 atom stereocenters. The molecule has 0 N–H and O–H groups in total. The molecule has 0 bridgehead atoms. The minimum Gasteiger partial charge on any atom is -0.346 e. The lowest BCUT2D eigenvalue weighted by molar-refractivity contribution is -0.241. The van der Waals surface area contributed by atoms with Gasteiger partial charge in [-0.3, -0.25) is 0 Å². The molecule has 0 amide bonds. The van der Waals surface area contributed by atoms with E-state index in [0.29, 0.717) is 13.2 Å². The third kappa shape index (κ3) is 5.83. The van der Waals surface area contributed by atoms with Crippen LogP contribution in [-0.4, -0.2) is 19.0 Å². The summed E-state index contributed by atoms with van der Waals surface area (Å²) in [6.07, 6.45) is 16.4. The maximum Gasteiger partial charge on any atom is 0.169 e. The first-order valence-corrected chi connectivity index (χ1v) is 7.41. The van der Waals surface area contributed by atoms with Crippen molar-refractivity contribution in [3.63, 3.8) is 0 Å². The van der Waals surface area contributed by atoms with Crippen LogP contribution in [0.15, 0.2) is 24.3 Å². The molecule has 0 unspecified atom stereocenters. The van der Waals surface area contributed by atoms with E-state index in [1.807, 2.05) is 0 Å². The molecule has 0 aromatic carbocycles. The summed E-state index contributed by atoms with van der Waals surface area (Å²) < 4.78 is 12.0. The van der Waals surface area contributed by atoms with Crippen molar-refractivity contribution in [3.8, 4) is 0 Å². The van der Waals surface area contributed by atoms with E-state index >= 15 is 0 Å². The monoisotopic (exact) mass is 252 g/mol. The minimum absolute atomic E-state index is 0.325. The van der Waals surface area contributed by atoms with Crippen LogP contribution in [0.1, 0.15) is 58.8 Å². The molecule has 1 fully saturated rings. The number of rotatable bonds is 8. The van der Waals surface area contributed by atoms with Gasteiger partial charge < -0.3 is 9.47 Å². The molecule has 2 heteroatoms. The van der Waals surface area contributed by atoms with E-state index in [4.69, 9.17) is 9.47 Å². The Labute approximate surface area is 112 Å². The topological polar surface area (TPSA) is 18.5 Å². The highest BCUT2D eigenvalue weighted by Crippen LogP contribution is 2.32. The number of hydrogen-bond donors (Lipinski definition) is 0. The van der Waals surface area contributed by atoms with E-state index in [9.17, 15) is 0 Å². The van der Waals surface area contributed by atoms with Crippen molar-refractivity contribution in [1.29, 1.82) is 0 Å². The Morgan fingerprint density at radius 1 is 0.778 bits per heavy atom. The fourth-order valence-corrected chi connectivity index (χ4v) is 2.29. The smallest absolute Gasteiger partial charge is 0.169 e. The second kappa shape index (κ2) is 9.35. The first kappa shape index (κ1) is 15.5. The lowest BCUT2D eigenvalue weighted by atomic mass is 9.94. The third-order valence-electron chi connectivity index (χ3n) is 3.31. The minimum atomic E-state index is -0.325. The van der Waals surface area contributed by atoms with Crippen molar-refractivity contribution < 1.29 is 9.47 Å². The highest BCUT2D eigenvalue weighted by atomic mass is 16.7. The Morgan fingerprint density at radius 2 is 1.28 bits per heavy atom. The normalized spacial score (nSPS) is 19.9. The van der Waals surface area contributed by atoms with E-state index in [0.717, 1.165) is 25.7 Å². The summed E-state index contributed by atoms with van der Waals surface area (Å²) in [4.78, 5) is 0. The summed E-state index contributed by atoms with van der Waals surface area (Å²) >= 11 is 0. The van der Waals surface area contributed by atoms with E-state index in [1.165, 1.54) is 19.3 Å². The van der Waals surface area contributed by atoms with Crippen LogP contribution < -0.4 is 0 Å². The van der Waals surface area contributed by atoms with E-state index in [-0.39, 0.29) is 5.79 Å². The average Bonchev–Trinajstić information content (AvgIpc) is 2.41. The molecule has 0 aromatic heterocycles. The van der Waals surface area contributed by atoms with Crippen LogP contribution in [0.25, 0.3) is 0 Å². The van der Waals surface area contributed by atoms with Crippen molar-refractivity contribution in [2.24, 2.45) is 0 Å². The van der Waals surface area contributed by atoms with Crippen molar-refractivity contribution in [1.82, 2.24) is 0 Å². The molecule has 1 aliphatic rings. The molecular weight excluding hydrogens is 224 g/mol. The predicted molar refractivity (Wildman–Crippen MR) is 76.6 cm³/mol. The highest BCUT2D eigenvalue weighted by Gasteiger charge is 2.33. The quantitative estimate of drug-likeness (QED) is 0.464. The first-order valence-electron chi connectivity index (χ1n) is 7.41. The van der Waals surface area contributed by atoms with Crippen molar-refractivity contribution in [2.45, 2.75) is 64.6 Å².